The van der Waals surface area contributed by atoms with Crippen molar-refractivity contribution in [3.63, 3.8) is 0 Å². The van der Waals surface area contributed by atoms with E-state index < -0.39 is 22.9 Å². The van der Waals surface area contributed by atoms with Crippen LogP contribution in [0.3, 0.4) is 0 Å². The van der Waals surface area contributed by atoms with Gasteiger partial charge in [-0.3, -0.25) is 0 Å². The van der Waals surface area contributed by atoms with Crippen molar-refractivity contribution in [2.75, 3.05) is 0 Å². The number of allylic oxidation sites excluding steroid dienone is 1. The van der Waals surface area contributed by atoms with Gasteiger partial charge in [0.2, 0.25) is 0 Å². The topological polar surface area (TPSA) is 0 Å². The molecule has 0 aliphatic heterocycles. The molecule has 0 N–H and O–H groups in total. The first-order chi connectivity index (χ1) is 17.2. The minimum absolute atomic E-state index is 0. The molecule has 0 spiro atoms. The minimum Gasteiger partial charge on any atom is -1.00 e. The summed E-state index contributed by atoms with van der Waals surface area (Å²) in [4.78, 5) is 0. The molecule has 5 heteroatoms. The molecule has 0 saturated carbocycles. The summed E-state index contributed by atoms with van der Waals surface area (Å²) < 4.78 is 1.37. The summed E-state index contributed by atoms with van der Waals surface area (Å²) in [5.74, 6) is 0. The van der Waals surface area contributed by atoms with Crippen LogP contribution in [-0.2, 0) is 36.2 Å². The molecule has 37 heavy (non-hydrogen) atoms. The third-order valence-electron chi connectivity index (χ3n) is 7.77. The third kappa shape index (κ3) is 4.42. The SMILES string of the molecule is Cp1c2cc3c(cccc3c3ccccc3p1C)[CH]2[Hf+2][CH]1C=Cc2c(-c3ccccc3)cccc21.[Cl-].[Cl-]. The van der Waals surface area contributed by atoms with Gasteiger partial charge < -0.3 is 24.8 Å². The third-order valence-corrected chi connectivity index (χ3v) is 22.3. The number of benzene rings is 4. The van der Waals surface area contributed by atoms with E-state index in [1.165, 1.54) is 32.8 Å². The summed E-state index contributed by atoms with van der Waals surface area (Å²) in [6.45, 7) is 5.11. The zero-order valence-electron chi connectivity index (χ0n) is 20.7. The molecule has 0 saturated heterocycles. The average Bonchev–Trinajstić information content (AvgIpc) is 3.50. The number of halogens is 2. The van der Waals surface area contributed by atoms with E-state index in [0.29, 0.717) is 7.35 Å². The van der Waals surface area contributed by atoms with Gasteiger partial charge in [0.1, 0.15) is 0 Å². The molecule has 0 fully saturated rings. The first kappa shape index (κ1) is 27.0. The van der Waals surface area contributed by atoms with Gasteiger partial charge in [0, 0.05) is 0 Å². The van der Waals surface area contributed by atoms with Crippen LogP contribution in [0.15, 0.2) is 103 Å². The Morgan fingerprint density at radius 2 is 1.35 bits per heavy atom. The summed E-state index contributed by atoms with van der Waals surface area (Å²) in [6.07, 6.45) is 4.99. The fourth-order valence-corrected chi connectivity index (χ4v) is 21.2. The van der Waals surface area contributed by atoms with Crippen LogP contribution in [0, 0.1) is 0 Å². The average molecular weight is 722 g/mol. The van der Waals surface area contributed by atoms with Crippen molar-refractivity contribution < 1.29 is 47.7 Å². The van der Waals surface area contributed by atoms with Crippen molar-refractivity contribution in [1.82, 2.24) is 0 Å². The first-order valence-corrected chi connectivity index (χ1v) is 20.7. The molecular formula is C32H26Cl2HfP2. The summed E-state index contributed by atoms with van der Waals surface area (Å²) in [6, 6.07) is 36.9. The Morgan fingerprint density at radius 1 is 0.649 bits per heavy atom. The zero-order valence-corrected chi connectivity index (χ0v) is 27.6. The van der Waals surface area contributed by atoms with Crippen molar-refractivity contribution >= 4 is 41.8 Å². The summed E-state index contributed by atoms with van der Waals surface area (Å²) in [7, 11) is -0.323. The van der Waals surface area contributed by atoms with Gasteiger partial charge in [-0.05, 0) is 0 Å². The molecular weight excluding hydrogens is 696 g/mol. The number of hydrogen-bond donors (Lipinski definition) is 0. The van der Waals surface area contributed by atoms with Crippen molar-refractivity contribution in [3.05, 3.63) is 125 Å². The predicted molar refractivity (Wildman–Crippen MR) is 152 cm³/mol. The van der Waals surface area contributed by atoms with E-state index in [4.69, 9.17) is 0 Å². The Balaban J connectivity index is 0.00000140. The van der Waals surface area contributed by atoms with Crippen LogP contribution in [0.2, 0.25) is 0 Å². The largest absolute Gasteiger partial charge is 1.00 e. The minimum atomic E-state index is -1.13. The number of rotatable bonds is 3. The molecule has 2 aliphatic rings. The second-order valence-corrected chi connectivity index (χ2v) is 21.8. The molecule has 1 aromatic heterocycles. The maximum absolute atomic E-state index is 2.64. The van der Waals surface area contributed by atoms with Gasteiger partial charge in [0.25, 0.3) is 0 Å². The van der Waals surface area contributed by atoms with Gasteiger partial charge >= 0.3 is 222 Å². The fourth-order valence-electron chi connectivity index (χ4n) is 5.93. The molecule has 4 aromatic carbocycles. The molecule has 182 valence electrons. The van der Waals surface area contributed by atoms with Crippen LogP contribution in [-0.4, -0.2) is 0 Å². The van der Waals surface area contributed by atoms with Crippen molar-refractivity contribution in [3.8, 4) is 11.1 Å². The maximum Gasteiger partial charge on any atom is -1.00 e. The monoisotopic (exact) mass is 722 g/mol. The summed E-state index contributed by atoms with van der Waals surface area (Å²) in [5, 5.41) is 7.89. The molecule has 0 nitrogen and oxygen atoms in total. The normalized spacial score (nSPS) is 17.2. The van der Waals surface area contributed by atoms with Gasteiger partial charge in [-0.25, -0.2) is 0 Å². The molecule has 4 unspecified atom stereocenters. The number of aryl methyl sites for hydroxylation is 1. The summed E-state index contributed by atoms with van der Waals surface area (Å²) >= 11 is -1.13. The molecule has 4 atom stereocenters. The predicted octanol–water partition coefficient (Wildman–Crippen LogP) is 4.09. The van der Waals surface area contributed by atoms with Crippen LogP contribution < -0.4 is 24.8 Å². The van der Waals surface area contributed by atoms with E-state index in [2.05, 4.69) is 123 Å². The number of fused-ring (bicyclic) bond motifs is 4. The Hall–Kier alpha value is -1.59. The Morgan fingerprint density at radius 3 is 2.19 bits per heavy atom. The molecule has 0 radical (unpaired) electrons. The molecule has 0 amide bonds. The second-order valence-electron chi connectivity index (χ2n) is 9.55. The van der Waals surface area contributed by atoms with Crippen LogP contribution >= 0.6 is 14.4 Å². The summed E-state index contributed by atoms with van der Waals surface area (Å²) in [5.41, 5.74) is 7.39. The van der Waals surface area contributed by atoms with Crippen LogP contribution in [0.25, 0.3) is 38.5 Å². The maximum atomic E-state index is 2.64. The van der Waals surface area contributed by atoms with Crippen LogP contribution in [0.4, 0.5) is 0 Å². The van der Waals surface area contributed by atoms with Gasteiger partial charge in [0.15, 0.2) is 0 Å². The quantitative estimate of drug-likeness (QED) is 0.247. The van der Waals surface area contributed by atoms with E-state index >= 15 is 0 Å². The molecule has 5 aromatic rings. The van der Waals surface area contributed by atoms with Gasteiger partial charge in [-0.2, -0.15) is 0 Å². The molecule has 2 bridgehead atoms. The van der Waals surface area contributed by atoms with Gasteiger partial charge in [-0.1, -0.05) is 0 Å². The standard InChI is InChI=1S/C17H15P2.C15H11.2ClH.Hf/c1-18-13-10-12-6-5-8-14(16(12)11-13)15-7-3-4-9-17(15)19(18)2;1-2-6-12(7-3-1)14-10-4-8-13-9-5-11-15(13)14;;;/h3-11H,1-2H3;1-11H;2*1H;/q;;;;+2/p-2. The molecule has 7 rings (SSSR count). The van der Waals surface area contributed by atoms with Crippen molar-refractivity contribution in [2.45, 2.75) is 7.35 Å². The van der Waals surface area contributed by atoms with Gasteiger partial charge in [-0.15, -0.1) is 0 Å². The van der Waals surface area contributed by atoms with E-state index in [1.807, 2.05) is 0 Å². The van der Waals surface area contributed by atoms with Crippen LogP contribution in [0.1, 0.15) is 29.3 Å². The van der Waals surface area contributed by atoms with E-state index in [9.17, 15) is 0 Å². The number of hydrogen-bond acceptors (Lipinski definition) is 0. The molecule has 1 heterocycles. The van der Waals surface area contributed by atoms with E-state index in [1.54, 1.807) is 21.5 Å². The van der Waals surface area contributed by atoms with Crippen molar-refractivity contribution in [1.29, 1.82) is 0 Å². The van der Waals surface area contributed by atoms with Gasteiger partial charge in [0.05, 0.1) is 0 Å². The Labute approximate surface area is 244 Å². The van der Waals surface area contributed by atoms with E-state index in [0.717, 1.165) is 0 Å². The van der Waals surface area contributed by atoms with Crippen molar-refractivity contribution in [2.24, 2.45) is 13.3 Å². The first-order valence-electron chi connectivity index (χ1n) is 12.2. The zero-order chi connectivity index (χ0) is 23.5. The Kier molecular flexibility index (Phi) is 7.94. The smallest absolute Gasteiger partial charge is 1.00 e. The molecule has 2 aliphatic carbocycles. The van der Waals surface area contributed by atoms with E-state index in [-0.39, 0.29) is 39.2 Å². The fraction of sp³-hybridized carbons (Fsp3) is 0.125. The Bertz CT molecular complexity index is 1710. The second kappa shape index (κ2) is 10.9. The van der Waals surface area contributed by atoms with Crippen LogP contribution in [0.5, 0.6) is 0 Å².